The summed E-state index contributed by atoms with van der Waals surface area (Å²) in [5.41, 5.74) is 4.60. The highest BCUT2D eigenvalue weighted by atomic mass is 16.7. The minimum absolute atomic E-state index is 0.218. The molecule has 5 heteroatoms. The van der Waals surface area contributed by atoms with Gasteiger partial charge in [-0.2, -0.15) is 0 Å². The molecule has 2 heterocycles. The van der Waals surface area contributed by atoms with Gasteiger partial charge in [-0.15, -0.1) is 0 Å². The van der Waals surface area contributed by atoms with E-state index in [-0.39, 0.29) is 12.6 Å². The van der Waals surface area contributed by atoms with Gasteiger partial charge >= 0.3 is 0 Å². The van der Waals surface area contributed by atoms with Crippen molar-refractivity contribution in [2.75, 3.05) is 13.8 Å². The molecule has 2 aliphatic rings. The number of carbonyl (C=O) groups is 1. The Morgan fingerprint density at radius 3 is 2.60 bits per heavy atom. The Morgan fingerprint density at radius 2 is 1.83 bits per heavy atom. The van der Waals surface area contributed by atoms with Crippen LogP contribution in [0.2, 0.25) is 0 Å². The van der Waals surface area contributed by atoms with Crippen molar-refractivity contribution >= 4 is 5.78 Å². The summed E-state index contributed by atoms with van der Waals surface area (Å²) < 4.78 is 10.9. The van der Waals surface area contributed by atoms with Crippen LogP contribution in [-0.2, 0) is 23.2 Å². The Balaban J connectivity index is 1.34. The van der Waals surface area contributed by atoms with Crippen molar-refractivity contribution in [3.8, 4) is 22.8 Å². The zero-order valence-corrected chi connectivity index (χ0v) is 17.0. The van der Waals surface area contributed by atoms with Gasteiger partial charge in [0.25, 0.3) is 0 Å². The third kappa shape index (κ3) is 3.46. The summed E-state index contributed by atoms with van der Waals surface area (Å²) in [6.07, 6.45) is 2.08. The lowest BCUT2D eigenvalue weighted by Crippen LogP contribution is -2.23. The van der Waals surface area contributed by atoms with Gasteiger partial charge in [0, 0.05) is 24.2 Å². The number of fused-ring (bicyclic) bond motifs is 1. The van der Waals surface area contributed by atoms with Crippen LogP contribution in [0.1, 0.15) is 29.7 Å². The number of carbonyl (C=O) groups excluding carboxylic acids is 1. The lowest BCUT2D eigenvalue weighted by molar-refractivity contribution is -0.120. The Hall–Kier alpha value is -3.18. The molecule has 1 saturated carbocycles. The summed E-state index contributed by atoms with van der Waals surface area (Å²) in [6.45, 7) is 1.08. The molecule has 1 aliphatic heterocycles. The summed E-state index contributed by atoms with van der Waals surface area (Å²) in [5, 5.41) is 3.15. The number of Topliss-reactive ketones (excluding diaryl/α,β-unsaturated/α-hetero) is 1. The SMILES string of the molecule is CNCc1ccc(-c2cccc(CC(=O)C3(c4ccc5c(c4)OCO5)CC3)n2)cc1. The van der Waals surface area contributed by atoms with Crippen molar-refractivity contribution in [2.24, 2.45) is 0 Å². The minimum Gasteiger partial charge on any atom is -0.454 e. The second-order valence-electron chi connectivity index (χ2n) is 7.99. The number of ketones is 1. The fraction of sp³-hybridized carbons (Fsp3) is 0.280. The minimum atomic E-state index is -0.409. The first kappa shape index (κ1) is 18.8. The Kier molecular flexibility index (Phi) is 4.75. The maximum Gasteiger partial charge on any atom is 0.231 e. The molecule has 0 atom stereocenters. The van der Waals surface area contributed by atoms with Crippen LogP contribution < -0.4 is 14.8 Å². The third-order valence-corrected chi connectivity index (χ3v) is 5.99. The van der Waals surface area contributed by atoms with Crippen molar-refractivity contribution in [3.63, 3.8) is 0 Å². The van der Waals surface area contributed by atoms with Crippen molar-refractivity contribution in [2.45, 2.75) is 31.2 Å². The predicted octanol–water partition coefficient (Wildman–Crippen LogP) is 4.04. The topological polar surface area (TPSA) is 60.5 Å². The molecule has 1 fully saturated rings. The normalized spacial score (nSPS) is 15.8. The summed E-state index contributed by atoms with van der Waals surface area (Å²) in [6, 6.07) is 20.1. The van der Waals surface area contributed by atoms with Crippen molar-refractivity contribution in [1.82, 2.24) is 10.3 Å². The molecule has 0 spiro atoms. The standard InChI is InChI=1S/C25H24N2O3/c1-26-15-17-5-7-18(8-6-17)21-4-2-3-20(27-21)14-24(28)25(11-12-25)19-9-10-22-23(13-19)30-16-29-22/h2-10,13,26H,11-12,14-16H2,1H3. The number of benzene rings is 2. The summed E-state index contributed by atoms with van der Waals surface area (Å²) in [5.74, 6) is 1.70. The molecule has 3 aromatic rings. The largest absolute Gasteiger partial charge is 0.454 e. The van der Waals surface area contributed by atoms with Gasteiger partial charge in [0.15, 0.2) is 11.5 Å². The molecule has 2 aromatic carbocycles. The molecule has 0 saturated heterocycles. The van der Waals surface area contributed by atoms with E-state index in [0.29, 0.717) is 6.42 Å². The highest BCUT2D eigenvalue weighted by molar-refractivity contribution is 5.94. The van der Waals surface area contributed by atoms with Gasteiger partial charge in [-0.05, 0) is 55.3 Å². The molecule has 0 unspecified atom stereocenters. The van der Waals surface area contributed by atoms with Crippen LogP contribution in [0.5, 0.6) is 11.5 Å². The number of aromatic nitrogens is 1. The number of pyridine rings is 1. The predicted molar refractivity (Wildman–Crippen MR) is 115 cm³/mol. The molecule has 152 valence electrons. The first-order valence-corrected chi connectivity index (χ1v) is 10.3. The van der Waals surface area contributed by atoms with E-state index in [0.717, 1.165) is 53.4 Å². The molecule has 0 bridgehead atoms. The zero-order valence-electron chi connectivity index (χ0n) is 17.0. The number of nitrogens with zero attached hydrogens (tertiary/aromatic N) is 1. The molecule has 1 aliphatic carbocycles. The number of rotatable bonds is 7. The van der Waals surface area contributed by atoms with Gasteiger partial charge in [-0.3, -0.25) is 9.78 Å². The van der Waals surface area contributed by atoms with Gasteiger partial charge in [0.05, 0.1) is 11.1 Å². The van der Waals surface area contributed by atoms with E-state index in [1.54, 1.807) is 0 Å². The van der Waals surface area contributed by atoms with Crippen LogP contribution in [0, 0.1) is 0 Å². The molecule has 0 amide bonds. The monoisotopic (exact) mass is 400 g/mol. The van der Waals surface area contributed by atoms with E-state index in [2.05, 4.69) is 29.6 Å². The molecule has 1 aromatic heterocycles. The summed E-state index contributed by atoms with van der Waals surface area (Å²) >= 11 is 0. The number of hydrogen-bond donors (Lipinski definition) is 1. The molecule has 5 nitrogen and oxygen atoms in total. The van der Waals surface area contributed by atoms with Crippen LogP contribution in [-0.4, -0.2) is 24.6 Å². The van der Waals surface area contributed by atoms with E-state index in [1.165, 1.54) is 5.56 Å². The maximum absolute atomic E-state index is 13.2. The summed E-state index contributed by atoms with van der Waals surface area (Å²) in [4.78, 5) is 18.0. The van der Waals surface area contributed by atoms with E-state index in [1.807, 2.05) is 43.4 Å². The molecule has 30 heavy (non-hydrogen) atoms. The molecule has 1 N–H and O–H groups in total. The van der Waals surface area contributed by atoms with Crippen LogP contribution >= 0.6 is 0 Å². The lowest BCUT2D eigenvalue weighted by Gasteiger charge is -2.15. The van der Waals surface area contributed by atoms with Crippen LogP contribution in [0.3, 0.4) is 0 Å². The first-order valence-electron chi connectivity index (χ1n) is 10.3. The average Bonchev–Trinajstić information content (AvgIpc) is 3.46. The van der Waals surface area contributed by atoms with E-state index >= 15 is 0 Å². The van der Waals surface area contributed by atoms with Gasteiger partial charge in [-0.25, -0.2) is 0 Å². The Bertz CT molecular complexity index is 1090. The molecule has 5 rings (SSSR count). The molecular weight excluding hydrogens is 376 g/mol. The van der Waals surface area contributed by atoms with E-state index in [9.17, 15) is 4.79 Å². The first-order chi connectivity index (χ1) is 14.7. The second-order valence-corrected chi connectivity index (χ2v) is 7.99. The summed E-state index contributed by atoms with van der Waals surface area (Å²) in [7, 11) is 1.94. The van der Waals surface area contributed by atoms with Crippen molar-refractivity contribution in [3.05, 3.63) is 77.5 Å². The van der Waals surface area contributed by atoms with E-state index in [4.69, 9.17) is 14.5 Å². The quantitative estimate of drug-likeness (QED) is 0.649. The highest BCUT2D eigenvalue weighted by Gasteiger charge is 2.50. The van der Waals surface area contributed by atoms with Crippen LogP contribution in [0.25, 0.3) is 11.3 Å². The van der Waals surface area contributed by atoms with Crippen LogP contribution in [0.15, 0.2) is 60.7 Å². The zero-order chi connectivity index (χ0) is 20.6. The number of nitrogens with one attached hydrogen (secondary N) is 1. The average molecular weight is 400 g/mol. The molecule has 0 radical (unpaired) electrons. The van der Waals surface area contributed by atoms with Crippen molar-refractivity contribution in [1.29, 1.82) is 0 Å². The van der Waals surface area contributed by atoms with E-state index < -0.39 is 5.41 Å². The fourth-order valence-electron chi connectivity index (χ4n) is 4.12. The third-order valence-electron chi connectivity index (χ3n) is 5.99. The smallest absolute Gasteiger partial charge is 0.231 e. The van der Waals surface area contributed by atoms with Crippen LogP contribution in [0.4, 0.5) is 0 Å². The van der Waals surface area contributed by atoms with Gasteiger partial charge in [0.2, 0.25) is 6.79 Å². The van der Waals surface area contributed by atoms with Gasteiger partial charge < -0.3 is 14.8 Å². The maximum atomic E-state index is 13.2. The van der Waals surface area contributed by atoms with Gasteiger partial charge in [0.1, 0.15) is 5.78 Å². The number of hydrogen-bond acceptors (Lipinski definition) is 5. The second kappa shape index (κ2) is 7.58. The fourth-order valence-corrected chi connectivity index (χ4v) is 4.12. The highest BCUT2D eigenvalue weighted by Crippen LogP contribution is 2.51. The Morgan fingerprint density at radius 1 is 1.03 bits per heavy atom. The van der Waals surface area contributed by atoms with Gasteiger partial charge in [-0.1, -0.05) is 36.4 Å². The Labute approximate surface area is 176 Å². The molecular formula is C25H24N2O3. The lowest BCUT2D eigenvalue weighted by atomic mass is 9.88. The van der Waals surface area contributed by atoms with Crippen molar-refractivity contribution < 1.29 is 14.3 Å². The number of ether oxygens (including phenoxy) is 2.